The number of likely N-dealkylation sites (tertiary alicyclic amines) is 2. The van der Waals surface area contributed by atoms with Crippen LogP contribution in [0.3, 0.4) is 0 Å². The number of hydrogen-bond acceptors (Lipinski definition) is 3. The van der Waals surface area contributed by atoms with Crippen LogP contribution in [0.5, 0.6) is 0 Å². The summed E-state index contributed by atoms with van der Waals surface area (Å²) in [6.45, 7) is 6.83. The van der Waals surface area contributed by atoms with Crippen molar-refractivity contribution in [1.29, 1.82) is 0 Å². The van der Waals surface area contributed by atoms with E-state index in [0.29, 0.717) is 26.1 Å². The summed E-state index contributed by atoms with van der Waals surface area (Å²) in [5.41, 5.74) is 1.09. The summed E-state index contributed by atoms with van der Waals surface area (Å²) in [7, 11) is 0. The zero-order valence-corrected chi connectivity index (χ0v) is 14.9. The van der Waals surface area contributed by atoms with Crippen LogP contribution in [0.1, 0.15) is 36.5 Å². The van der Waals surface area contributed by atoms with Crippen molar-refractivity contribution in [3.05, 3.63) is 36.0 Å². The molecule has 1 aromatic carbocycles. The van der Waals surface area contributed by atoms with Gasteiger partial charge in [0, 0.05) is 36.7 Å². The second-order valence-corrected chi connectivity index (χ2v) is 7.53. The molecule has 25 heavy (non-hydrogen) atoms. The molecule has 0 radical (unpaired) electrons. The Morgan fingerprint density at radius 1 is 1.20 bits per heavy atom. The topological polar surface area (TPSA) is 48.7 Å². The highest BCUT2D eigenvalue weighted by Crippen LogP contribution is 2.28. The summed E-state index contributed by atoms with van der Waals surface area (Å²) in [5, 5.41) is 11.9. The molecule has 0 aliphatic carbocycles. The van der Waals surface area contributed by atoms with Crippen LogP contribution >= 0.6 is 0 Å². The standard InChI is InChI=1S/C20H27N3O2/c1-2-22-13-17(16-7-3-4-8-18(16)22)19(24)23-12-9-20(25,15-23)14-21-10-5-6-11-21/h3-4,7-8,13,25H,2,5-6,9-12,14-15H2,1H3/t20-/m0/s1. The number of aryl methyl sites for hydroxylation is 1. The molecule has 134 valence electrons. The number of hydrogen-bond donors (Lipinski definition) is 1. The molecule has 0 unspecified atom stereocenters. The van der Waals surface area contributed by atoms with Crippen LogP contribution in [0.2, 0.25) is 0 Å². The first-order valence-corrected chi connectivity index (χ1v) is 9.41. The van der Waals surface area contributed by atoms with Crippen LogP contribution in [-0.2, 0) is 6.54 Å². The van der Waals surface area contributed by atoms with Gasteiger partial charge >= 0.3 is 0 Å². The Bertz CT molecular complexity index is 778. The van der Waals surface area contributed by atoms with Crippen molar-refractivity contribution in [3.8, 4) is 0 Å². The summed E-state index contributed by atoms with van der Waals surface area (Å²) in [4.78, 5) is 17.3. The number of carbonyl (C=O) groups excluding carboxylic acids is 1. The number of rotatable bonds is 4. The molecule has 0 spiro atoms. The van der Waals surface area contributed by atoms with Gasteiger partial charge in [0.1, 0.15) is 0 Å². The average Bonchev–Trinajstić information content (AvgIpc) is 3.33. The molecule has 4 rings (SSSR count). The monoisotopic (exact) mass is 341 g/mol. The van der Waals surface area contributed by atoms with Crippen LogP contribution in [0, 0.1) is 0 Å². The molecule has 5 nitrogen and oxygen atoms in total. The summed E-state index contributed by atoms with van der Waals surface area (Å²) in [6, 6.07) is 8.06. The molecular weight excluding hydrogens is 314 g/mol. The first-order chi connectivity index (χ1) is 12.1. The van der Waals surface area contributed by atoms with Gasteiger partial charge in [-0.3, -0.25) is 4.79 Å². The molecule has 5 heteroatoms. The van der Waals surface area contributed by atoms with E-state index in [-0.39, 0.29) is 5.91 Å². The van der Waals surface area contributed by atoms with Crippen molar-refractivity contribution >= 4 is 16.8 Å². The van der Waals surface area contributed by atoms with Crippen LogP contribution in [-0.4, -0.2) is 63.7 Å². The third kappa shape index (κ3) is 3.07. The number of para-hydroxylation sites is 1. The van der Waals surface area contributed by atoms with Gasteiger partial charge in [-0.05, 0) is 45.3 Å². The largest absolute Gasteiger partial charge is 0.387 e. The van der Waals surface area contributed by atoms with Gasteiger partial charge in [0.2, 0.25) is 0 Å². The fraction of sp³-hybridized carbons (Fsp3) is 0.550. The van der Waals surface area contributed by atoms with Gasteiger partial charge in [-0.25, -0.2) is 0 Å². The predicted octanol–water partition coefficient (Wildman–Crippen LogP) is 2.33. The van der Waals surface area contributed by atoms with E-state index < -0.39 is 5.60 Å². The molecule has 3 heterocycles. The Labute approximate surface area is 148 Å². The Morgan fingerprint density at radius 2 is 1.96 bits per heavy atom. The van der Waals surface area contributed by atoms with Crippen molar-refractivity contribution in [2.24, 2.45) is 0 Å². The van der Waals surface area contributed by atoms with Crippen molar-refractivity contribution in [1.82, 2.24) is 14.4 Å². The predicted molar refractivity (Wildman–Crippen MR) is 98.8 cm³/mol. The van der Waals surface area contributed by atoms with Gasteiger partial charge in [0.25, 0.3) is 5.91 Å². The van der Waals surface area contributed by atoms with E-state index in [0.717, 1.165) is 36.1 Å². The summed E-state index contributed by atoms with van der Waals surface area (Å²) < 4.78 is 2.12. The van der Waals surface area contributed by atoms with E-state index in [9.17, 15) is 9.90 Å². The van der Waals surface area contributed by atoms with E-state index in [1.807, 2.05) is 29.3 Å². The molecular formula is C20H27N3O2. The molecule has 2 aromatic rings. The maximum Gasteiger partial charge on any atom is 0.256 e. The quantitative estimate of drug-likeness (QED) is 0.929. The van der Waals surface area contributed by atoms with Crippen LogP contribution in [0.4, 0.5) is 0 Å². The highest BCUT2D eigenvalue weighted by Gasteiger charge is 2.40. The van der Waals surface area contributed by atoms with Crippen molar-refractivity contribution in [2.45, 2.75) is 38.3 Å². The van der Waals surface area contributed by atoms with Gasteiger partial charge in [0.05, 0.1) is 17.7 Å². The van der Waals surface area contributed by atoms with Crippen LogP contribution in [0.25, 0.3) is 10.9 Å². The average molecular weight is 341 g/mol. The number of aliphatic hydroxyl groups is 1. The van der Waals surface area contributed by atoms with E-state index in [2.05, 4.69) is 22.5 Å². The van der Waals surface area contributed by atoms with Gasteiger partial charge in [-0.15, -0.1) is 0 Å². The van der Waals surface area contributed by atoms with Crippen molar-refractivity contribution < 1.29 is 9.90 Å². The van der Waals surface area contributed by atoms with E-state index in [1.54, 1.807) is 0 Å². The highest BCUT2D eigenvalue weighted by molar-refractivity contribution is 6.07. The molecule has 1 amide bonds. The minimum atomic E-state index is -0.761. The first kappa shape index (κ1) is 16.6. The Hall–Kier alpha value is -1.85. The lowest BCUT2D eigenvalue weighted by atomic mass is 10.0. The normalized spacial score (nSPS) is 24.5. The molecule has 0 saturated carbocycles. The lowest BCUT2D eigenvalue weighted by molar-refractivity contribution is 0.0176. The third-order valence-electron chi connectivity index (χ3n) is 5.70. The molecule has 2 fully saturated rings. The minimum Gasteiger partial charge on any atom is -0.387 e. The van der Waals surface area contributed by atoms with Gasteiger partial charge in [-0.1, -0.05) is 18.2 Å². The second kappa shape index (κ2) is 6.46. The Morgan fingerprint density at radius 3 is 2.72 bits per heavy atom. The molecule has 2 saturated heterocycles. The molecule has 1 aromatic heterocycles. The fourth-order valence-electron chi connectivity index (χ4n) is 4.37. The second-order valence-electron chi connectivity index (χ2n) is 7.53. The Balaban J connectivity index is 1.54. The zero-order chi connectivity index (χ0) is 17.4. The van der Waals surface area contributed by atoms with Gasteiger partial charge in [0.15, 0.2) is 0 Å². The number of aromatic nitrogens is 1. The van der Waals surface area contributed by atoms with Gasteiger partial charge in [-0.2, -0.15) is 0 Å². The third-order valence-corrected chi connectivity index (χ3v) is 5.70. The molecule has 2 aliphatic rings. The molecule has 0 bridgehead atoms. The maximum absolute atomic E-state index is 13.1. The number of carbonyl (C=O) groups is 1. The maximum atomic E-state index is 13.1. The van der Waals surface area contributed by atoms with Gasteiger partial charge < -0.3 is 19.5 Å². The molecule has 2 aliphatic heterocycles. The van der Waals surface area contributed by atoms with Crippen LogP contribution < -0.4 is 0 Å². The smallest absolute Gasteiger partial charge is 0.256 e. The summed E-state index contributed by atoms with van der Waals surface area (Å²) in [5.74, 6) is 0.0424. The minimum absolute atomic E-state index is 0.0424. The van der Waals surface area contributed by atoms with Crippen molar-refractivity contribution in [3.63, 3.8) is 0 Å². The first-order valence-electron chi connectivity index (χ1n) is 9.41. The van der Waals surface area contributed by atoms with Crippen LogP contribution in [0.15, 0.2) is 30.5 Å². The Kier molecular flexibility index (Phi) is 4.29. The zero-order valence-electron chi connectivity index (χ0n) is 14.9. The summed E-state index contributed by atoms with van der Waals surface area (Å²) >= 11 is 0. The lowest BCUT2D eigenvalue weighted by Gasteiger charge is -2.28. The number of β-amino-alcohol motifs (C(OH)–C–C–N with tert-alkyl or cyclic N) is 1. The van der Waals surface area contributed by atoms with E-state index in [4.69, 9.17) is 0 Å². The highest BCUT2D eigenvalue weighted by atomic mass is 16.3. The van der Waals surface area contributed by atoms with Crippen molar-refractivity contribution in [2.75, 3.05) is 32.7 Å². The number of nitrogens with zero attached hydrogens (tertiary/aromatic N) is 3. The summed E-state index contributed by atoms with van der Waals surface area (Å²) in [6.07, 6.45) is 5.07. The van der Waals surface area contributed by atoms with E-state index in [1.165, 1.54) is 12.8 Å². The number of benzene rings is 1. The number of fused-ring (bicyclic) bond motifs is 1. The fourth-order valence-corrected chi connectivity index (χ4v) is 4.37. The lowest BCUT2D eigenvalue weighted by Crippen LogP contribution is -2.45. The SMILES string of the molecule is CCn1cc(C(=O)N2CC[C@](O)(CN3CCCC3)C2)c2ccccc21. The van der Waals surface area contributed by atoms with E-state index >= 15 is 0 Å². The molecule has 1 N–H and O–H groups in total. The molecule has 1 atom stereocenters. The number of amides is 1.